The van der Waals surface area contributed by atoms with Gasteiger partial charge in [0.1, 0.15) is 4.99 Å². The fourth-order valence-corrected chi connectivity index (χ4v) is 2.02. The monoisotopic (exact) mass is 299 g/mol. The summed E-state index contributed by atoms with van der Waals surface area (Å²) in [4.78, 5) is -0.325. The molecule has 0 aliphatic rings. The van der Waals surface area contributed by atoms with Gasteiger partial charge in [-0.2, -0.15) is 18.3 Å². The zero-order valence-electron chi connectivity index (χ0n) is 10.6. The number of halogens is 3. The van der Waals surface area contributed by atoms with Gasteiger partial charge < -0.3 is 5.73 Å². The Kier molecular flexibility index (Phi) is 3.80. The summed E-state index contributed by atoms with van der Waals surface area (Å²) in [6.45, 7) is 1.97. The van der Waals surface area contributed by atoms with Crippen LogP contribution < -0.4 is 5.73 Å². The second-order valence-electron chi connectivity index (χ2n) is 4.20. The molecule has 2 rings (SSSR count). The molecule has 0 aliphatic heterocycles. The number of benzene rings is 1. The van der Waals surface area contributed by atoms with Crippen LogP contribution in [0.3, 0.4) is 0 Å². The van der Waals surface area contributed by atoms with E-state index in [1.807, 2.05) is 6.92 Å². The van der Waals surface area contributed by atoms with Crippen LogP contribution in [0.5, 0.6) is 0 Å². The highest BCUT2D eigenvalue weighted by molar-refractivity contribution is 7.80. The molecule has 0 spiro atoms. The van der Waals surface area contributed by atoms with Gasteiger partial charge in [0.25, 0.3) is 0 Å². The van der Waals surface area contributed by atoms with E-state index in [0.717, 1.165) is 22.9 Å². The van der Waals surface area contributed by atoms with Crippen molar-refractivity contribution < 1.29 is 13.2 Å². The van der Waals surface area contributed by atoms with Crippen molar-refractivity contribution in [2.45, 2.75) is 19.5 Å². The average Bonchev–Trinajstić information content (AvgIpc) is 2.83. The van der Waals surface area contributed by atoms with E-state index in [2.05, 4.69) is 17.3 Å². The SMILES string of the molecule is CCc1ccc(-n2ncc(C(N)=S)c2C(F)(F)F)cc1. The lowest BCUT2D eigenvalue weighted by molar-refractivity contribution is -0.142. The van der Waals surface area contributed by atoms with Gasteiger partial charge in [-0.1, -0.05) is 31.3 Å². The van der Waals surface area contributed by atoms with Gasteiger partial charge in [0.2, 0.25) is 0 Å². The maximum Gasteiger partial charge on any atom is 0.434 e. The maximum atomic E-state index is 13.2. The molecule has 1 aromatic heterocycles. The van der Waals surface area contributed by atoms with Crippen molar-refractivity contribution >= 4 is 17.2 Å². The first-order chi connectivity index (χ1) is 9.34. The molecular weight excluding hydrogens is 287 g/mol. The number of hydrogen-bond donors (Lipinski definition) is 1. The lowest BCUT2D eigenvalue weighted by atomic mass is 10.1. The molecule has 0 atom stereocenters. The second kappa shape index (κ2) is 5.24. The van der Waals surface area contributed by atoms with Crippen molar-refractivity contribution in [2.24, 2.45) is 5.73 Å². The molecule has 2 aromatic rings. The van der Waals surface area contributed by atoms with E-state index in [0.29, 0.717) is 5.69 Å². The third kappa shape index (κ3) is 2.67. The largest absolute Gasteiger partial charge is 0.434 e. The Morgan fingerprint density at radius 1 is 1.30 bits per heavy atom. The van der Waals surface area contributed by atoms with E-state index < -0.39 is 11.9 Å². The summed E-state index contributed by atoms with van der Waals surface area (Å²) in [5, 5.41) is 3.76. The minimum absolute atomic E-state index is 0.271. The number of alkyl halides is 3. The Hall–Kier alpha value is -1.89. The van der Waals surface area contributed by atoms with Crippen LogP contribution in [0, 0.1) is 0 Å². The van der Waals surface area contributed by atoms with Gasteiger partial charge in [0.05, 0.1) is 17.4 Å². The van der Waals surface area contributed by atoms with Gasteiger partial charge in [-0.15, -0.1) is 0 Å². The van der Waals surface area contributed by atoms with Crippen LogP contribution in [0.25, 0.3) is 5.69 Å². The fraction of sp³-hybridized carbons (Fsp3) is 0.231. The van der Waals surface area contributed by atoms with Crippen LogP contribution in [-0.4, -0.2) is 14.8 Å². The molecule has 106 valence electrons. The van der Waals surface area contributed by atoms with Crippen LogP contribution in [0.2, 0.25) is 0 Å². The van der Waals surface area contributed by atoms with Crippen LogP contribution in [0.1, 0.15) is 23.7 Å². The molecule has 0 bridgehead atoms. The molecule has 1 aromatic carbocycles. The topological polar surface area (TPSA) is 43.8 Å². The average molecular weight is 299 g/mol. The summed E-state index contributed by atoms with van der Waals surface area (Å²) < 4.78 is 40.3. The number of rotatable bonds is 3. The zero-order valence-corrected chi connectivity index (χ0v) is 11.4. The molecule has 20 heavy (non-hydrogen) atoms. The van der Waals surface area contributed by atoms with Gasteiger partial charge in [0.15, 0.2) is 5.69 Å². The first-order valence-electron chi connectivity index (χ1n) is 5.89. The second-order valence-corrected chi connectivity index (χ2v) is 4.64. The fourth-order valence-electron chi connectivity index (χ4n) is 1.87. The van der Waals surface area contributed by atoms with Crippen LogP contribution >= 0.6 is 12.2 Å². The van der Waals surface area contributed by atoms with Crippen molar-refractivity contribution in [3.63, 3.8) is 0 Å². The van der Waals surface area contributed by atoms with Gasteiger partial charge in [-0.05, 0) is 24.1 Å². The standard InChI is InChI=1S/C13H12F3N3S/c1-2-8-3-5-9(6-4-8)19-11(13(14,15)16)10(7-18-19)12(17)20/h3-7H,2H2,1H3,(H2,17,20). The van der Waals surface area contributed by atoms with E-state index in [9.17, 15) is 13.2 Å². The molecule has 7 heteroatoms. The van der Waals surface area contributed by atoms with Crippen molar-refractivity contribution in [2.75, 3.05) is 0 Å². The van der Waals surface area contributed by atoms with Crippen LogP contribution in [0.15, 0.2) is 30.5 Å². The maximum absolute atomic E-state index is 13.2. The normalized spacial score (nSPS) is 11.6. The summed E-state index contributed by atoms with van der Waals surface area (Å²) in [5.74, 6) is 0. The summed E-state index contributed by atoms with van der Waals surface area (Å²) in [5.41, 5.74) is 5.45. The van der Waals surface area contributed by atoms with E-state index in [4.69, 9.17) is 5.73 Å². The summed E-state index contributed by atoms with van der Waals surface area (Å²) in [6.07, 6.45) is -2.73. The van der Waals surface area contributed by atoms with Crippen molar-refractivity contribution in [3.8, 4) is 5.69 Å². The first kappa shape index (κ1) is 14.5. The highest BCUT2D eigenvalue weighted by Crippen LogP contribution is 2.33. The summed E-state index contributed by atoms with van der Waals surface area (Å²) in [7, 11) is 0. The predicted molar refractivity (Wildman–Crippen MR) is 73.8 cm³/mol. The van der Waals surface area contributed by atoms with Gasteiger partial charge in [-0.25, -0.2) is 4.68 Å². The summed E-state index contributed by atoms with van der Waals surface area (Å²) in [6, 6.07) is 6.70. The minimum atomic E-state index is -4.58. The Balaban J connectivity index is 2.59. The van der Waals surface area contributed by atoms with Gasteiger partial charge in [-0.3, -0.25) is 0 Å². The lowest BCUT2D eigenvalue weighted by Crippen LogP contribution is -2.20. The molecule has 3 nitrogen and oxygen atoms in total. The highest BCUT2D eigenvalue weighted by Gasteiger charge is 2.39. The molecule has 0 fully saturated rings. The van der Waals surface area contributed by atoms with E-state index in [1.165, 1.54) is 0 Å². The lowest BCUT2D eigenvalue weighted by Gasteiger charge is -2.12. The Morgan fingerprint density at radius 3 is 2.35 bits per heavy atom. The van der Waals surface area contributed by atoms with Crippen LogP contribution in [0.4, 0.5) is 13.2 Å². The molecule has 0 saturated carbocycles. The van der Waals surface area contributed by atoms with E-state index in [1.54, 1.807) is 24.3 Å². The third-order valence-electron chi connectivity index (χ3n) is 2.89. The van der Waals surface area contributed by atoms with E-state index in [-0.39, 0.29) is 10.6 Å². The number of hydrogen-bond acceptors (Lipinski definition) is 2. The molecule has 0 radical (unpaired) electrons. The number of thiocarbonyl (C=S) groups is 1. The number of aryl methyl sites for hydroxylation is 1. The quantitative estimate of drug-likeness (QED) is 0.886. The first-order valence-corrected chi connectivity index (χ1v) is 6.29. The van der Waals surface area contributed by atoms with E-state index >= 15 is 0 Å². The zero-order chi connectivity index (χ0) is 14.9. The third-order valence-corrected chi connectivity index (χ3v) is 3.11. The van der Waals surface area contributed by atoms with Crippen molar-refractivity contribution in [3.05, 3.63) is 47.3 Å². The highest BCUT2D eigenvalue weighted by atomic mass is 32.1. The molecule has 1 heterocycles. The predicted octanol–water partition coefficient (Wildman–Crippen LogP) is 3.09. The van der Waals surface area contributed by atoms with Crippen molar-refractivity contribution in [1.29, 1.82) is 0 Å². The molecule has 0 unspecified atom stereocenters. The number of nitrogens with two attached hydrogens (primary N) is 1. The molecule has 2 N–H and O–H groups in total. The summed E-state index contributed by atoms with van der Waals surface area (Å²) >= 11 is 4.65. The van der Waals surface area contributed by atoms with Gasteiger partial charge >= 0.3 is 6.18 Å². The number of aromatic nitrogens is 2. The van der Waals surface area contributed by atoms with Crippen molar-refractivity contribution in [1.82, 2.24) is 9.78 Å². The Morgan fingerprint density at radius 2 is 1.90 bits per heavy atom. The minimum Gasteiger partial charge on any atom is -0.389 e. The molecule has 0 aliphatic carbocycles. The smallest absolute Gasteiger partial charge is 0.389 e. The van der Waals surface area contributed by atoms with Crippen LogP contribution in [-0.2, 0) is 12.6 Å². The van der Waals surface area contributed by atoms with Gasteiger partial charge in [0, 0.05) is 0 Å². The molecular formula is C13H12F3N3S. The Labute approximate surface area is 119 Å². The molecule has 0 saturated heterocycles. The molecule has 0 amide bonds. The Bertz CT molecular complexity index is 629. The number of nitrogens with zero attached hydrogens (tertiary/aromatic N) is 2.